The molecule has 18 heavy (non-hydrogen) atoms. The number of hydrogen-bond acceptors (Lipinski definition) is 3. The summed E-state index contributed by atoms with van der Waals surface area (Å²) >= 11 is 0. The third kappa shape index (κ3) is 4.08. The minimum atomic E-state index is -0.0540. The van der Waals surface area contributed by atoms with E-state index in [9.17, 15) is 4.79 Å². The van der Waals surface area contributed by atoms with Crippen LogP contribution in [0.1, 0.15) is 38.2 Å². The first-order valence-corrected chi connectivity index (χ1v) is 6.05. The number of anilines is 1. The number of amides is 1. The second-order valence-corrected chi connectivity index (χ2v) is 4.04. The van der Waals surface area contributed by atoms with Gasteiger partial charge in [0.05, 0.1) is 5.69 Å². The lowest BCUT2D eigenvalue weighted by Crippen LogP contribution is -2.18. The largest absolute Gasteiger partial charge is 0.409 e. The number of para-hydroxylation sites is 1. The van der Waals surface area contributed by atoms with Crippen molar-refractivity contribution in [2.24, 2.45) is 10.9 Å². The minimum absolute atomic E-state index is 0.0144. The molecule has 0 fully saturated rings. The van der Waals surface area contributed by atoms with Crippen LogP contribution in [0.5, 0.6) is 0 Å². The molecule has 98 valence electrons. The minimum Gasteiger partial charge on any atom is -0.409 e. The first-order chi connectivity index (χ1) is 8.69. The molecule has 0 saturated carbocycles. The van der Waals surface area contributed by atoms with Crippen LogP contribution in [0.25, 0.3) is 0 Å². The molecule has 1 rings (SSSR count). The van der Waals surface area contributed by atoms with Gasteiger partial charge in [-0.3, -0.25) is 4.79 Å². The Bertz CT molecular complexity index is 430. The fourth-order valence-corrected chi connectivity index (χ4v) is 1.62. The Morgan fingerprint density at radius 2 is 2.11 bits per heavy atom. The number of carbonyl (C=O) groups is 1. The van der Waals surface area contributed by atoms with Gasteiger partial charge in [-0.05, 0) is 18.6 Å². The van der Waals surface area contributed by atoms with Crippen molar-refractivity contribution in [3.05, 3.63) is 29.8 Å². The zero-order valence-corrected chi connectivity index (χ0v) is 10.5. The van der Waals surface area contributed by atoms with E-state index in [1.807, 2.05) is 0 Å². The summed E-state index contributed by atoms with van der Waals surface area (Å²) in [4.78, 5) is 11.7. The van der Waals surface area contributed by atoms with Gasteiger partial charge in [-0.15, -0.1) is 0 Å². The van der Waals surface area contributed by atoms with Gasteiger partial charge in [-0.25, -0.2) is 0 Å². The van der Waals surface area contributed by atoms with E-state index in [4.69, 9.17) is 10.9 Å². The van der Waals surface area contributed by atoms with Crippen LogP contribution in [-0.4, -0.2) is 17.0 Å². The molecule has 0 heterocycles. The van der Waals surface area contributed by atoms with Gasteiger partial charge in [-0.2, -0.15) is 0 Å². The Hall–Kier alpha value is -2.04. The SMILES string of the molecule is CCCCCC(=O)Nc1ccccc1/C(N)=N/O. The lowest BCUT2D eigenvalue weighted by molar-refractivity contribution is -0.116. The van der Waals surface area contributed by atoms with Crippen LogP contribution in [0, 0.1) is 0 Å². The molecule has 5 nitrogen and oxygen atoms in total. The first-order valence-electron chi connectivity index (χ1n) is 6.05. The predicted octanol–water partition coefficient (Wildman–Crippen LogP) is 2.30. The molecule has 0 aliphatic heterocycles. The van der Waals surface area contributed by atoms with Crippen LogP contribution in [0.3, 0.4) is 0 Å². The summed E-state index contributed by atoms with van der Waals surface area (Å²) in [5, 5.41) is 14.4. The van der Waals surface area contributed by atoms with E-state index in [0.717, 1.165) is 19.3 Å². The molecule has 0 unspecified atom stereocenters. The third-order valence-corrected chi connectivity index (χ3v) is 2.59. The fourth-order valence-electron chi connectivity index (χ4n) is 1.62. The Morgan fingerprint density at radius 1 is 1.39 bits per heavy atom. The Labute approximate surface area is 107 Å². The van der Waals surface area contributed by atoms with Gasteiger partial charge in [0.15, 0.2) is 5.84 Å². The quantitative estimate of drug-likeness (QED) is 0.238. The summed E-state index contributed by atoms with van der Waals surface area (Å²) < 4.78 is 0. The summed E-state index contributed by atoms with van der Waals surface area (Å²) in [7, 11) is 0. The Morgan fingerprint density at radius 3 is 2.78 bits per heavy atom. The standard InChI is InChI=1S/C13H19N3O2/c1-2-3-4-9-12(17)15-11-8-6-5-7-10(11)13(14)16-18/h5-8,18H,2-4,9H2,1H3,(H2,14,16)(H,15,17). The molecule has 0 saturated heterocycles. The monoisotopic (exact) mass is 249 g/mol. The van der Waals surface area contributed by atoms with E-state index < -0.39 is 0 Å². The zero-order chi connectivity index (χ0) is 13.4. The molecule has 0 bridgehead atoms. The number of oxime groups is 1. The molecule has 1 amide bonds. The van der Waals surface area contributed by atoms with Gasteiger partial charge in [0.1, 0.15) is 0 Å². The average molecular weight is 249 g/mol. The van der Waals surface area contributed by atoms with Crippen LogP contribution >= 0.6 is 0 Å². The second-order valence-electron chi connectivity index (χ2n) is 4.04. The number of hydrogen-bond donors (Lipinski definition) is 3. The van der Waals surface area contributed by atoms with E-state index in [1.165, 1.54) is 0 Å². The summed E-state index contributed by atoms with van der Waals surface area (Å²) in [6.45, 7) is 2.09. The molecule has 1 aromatic carbocycles. The second kappa shape index (κ2) is 7.32. The lowest BCUT2D eigenvalue weighted by atomic mass is 10.1. The van der Waals surface area contributed by atoms with E-state index in [0.29, 0.717) is 17.7 Å². The molecule has 0 spiro atoms. The van der Waals surface area contributed by atoms with Crippen molar-refractivity contribution in [3.8, 4) is 0 Å². The maximum atomic E-state index is 11.7. The van der Waals surface area contributed by atoms with Crippen molar-refractivity contribution in [3.63, 3.8) is 0 Å². The van der Waals surface area contributed by atoms with E-state index in [-0.39, 0.29) is 11.7 Å². The van der Waals surface area contributed by atoms with E-state index in [2.05, 4.69) is 17.4 Å². The van der Waals surface area contributed by atoms with Gasteiger partial charge in [-0.1, -0.05) is 37.1 Å². The molecule has 1 aromatic rings. The highest BCUT2D eigenvalue weighted by molar-refractivity contribution is 6.05. The van der Waals surface area contributed by atoms with Crippen molar-refractivity contribution in [2.45, 2.75) is 32.6 Å². The predicted molar refractivity (Wildman–Crippen MR) is 71.7 cm³/mol. The number of carbonyl (C=O) groups excluding carboxylic acids is 1. The van der Waals surface area contributed by atoms with Gasteiger partial charge < -0.3 is 16.3 Å². The van der Waals surface area contributed by atoms with Crippen molar-refractivity contribution in [2.75, 3.05) is 5.32 Å². The molecule has 0 radical (unpaired) electrons. The van der Waals surface area contributed by atoms with Gasteiger partial charge in [0.25, 0.3) is 0 Å². The summed E-state index contributed by atoms with van der Waals surface area (Å²) in [5.74, 6) is -0.0684. The summed E-state index contributed by atoms with van der Waals surface area (Å²) in [6.07, 6.45) is 3.47. The highest BCUT2D eigenvalue weighted by Gasteiger charge is 2.09. The smallest absolute Gasteiger partial charge is 0.224 e. The Kier molecular flexibility index (Phi) is 5.70. The van der Waals surface area contributed by atoms with E-state index in [1.54, 1.807) is 24.3 Å². The van der Waals surface area contributed by atoms with Gasteiger partial charge >= 0.3 is 0 Å². The van der Waals surface area contributed by atoms with Crippen LogP contribution in [-0.2, 0) is 4.79 Å². The van der Waals surface area contributed by atoms with Crippen LogP contribution in [0.2, 0.25) is 0 Å². The van der Waals surface area contributed by atoms with Gasteiger partial charge in [0, 0.05) is 12.0 Å². The first kappa shape index (κ1) is 14.0. The highest BCUT2D eigenvalue weighted by atomic mass is 16.4. The number of amidine groups is 1. The summed E-state index contributed by atoms with van der Waals surface area (Å²) in [6, 6.07) is 6.97. The van der Waals surface area contributed by atoms with E-state index >= 15 is 0 Å². The Balaban J connectivity index is 2.69. The summed E-state index contributed by atoms with van der Waals surface area (Å²) in [5.41, 5.74) is 6.62. The maximum Gasteiger partial charge on any atom is 0.224 e. The number of nitrogens with two attached hydrogens (primary N) is 1. The van der Waals surface area contributed by atoms with Crippen LogP contribution in [0.15, 0.2) is 29.4 Å². The normalized spacial score (nSPS) is 11.3. The fraction of sp³-hybridized carbons (Fsp3) is 0.385. The molecule has 0 atom stereocenters. The highest BCUT2D eigenvalue weighted by Crippen LogP contribution is 2.15. The van der Waals surface area contributed by atoms with Crippen LogP contribution in [0.4, 0.5) is 5.69 Å². The molecule has 0 aliphatic rings. The molecular formula is C13H19N3O2. The number of nitrogens with one attached hydrogen (secondary N) is 1. The molecule has 5 heteroatoms. The molecular weight excluding hydrogens is 230 g/mol. The maximum absolute atomic E-state index is 11.7. The topological polar surface area (TPSA) is 87.7 Å². The average Bonchev–Trinajstić information content (AvgIpc) is 2.39. The lowest BCUT2D eigenvalue weighted by Gasteiger charge is -2.09. The van der Waals surface area contributed by atoms with Crippen molar-refractivity contribution in [1.82, 2.24) is 0 Å². The molecule has 4 N–H and O–H groups in total. The molecule has 0 aliphatic carbocycles. The number of benzene rings is 1. The number of nitrogens with zero attached hydrogens (tertiary/aromatic N) is 1. The zero-order valence-electron chi connectivity index (χ0n) is 10.5. The van der Waals surface area contributed by atoms with Gasteiger partial charge in [0.2, 0.25) is 5.91 Å². The number of rotatable bonds is 6. The third-order valence-electron chi connectivity index (χ3n) is 2.59. The van der Waals surface area contributed by atoms with Crippen molar-refractivity contribution < 1.29 is 10.0 Å². The molecule has 0 aromatic heterocycles. The van der Waals surface area contributed by atoms with Crippen LogP contribution < -0.4 is 11.1 Å². The number of unbranched alkanes of at least 4 members (excludes halogenated alkanes) is 2. The van der Waals surface area contributed by atoms with Crippen molar-refractivity contribution >= 4 is 17.4 Å². The van der Waals surface area contributed by atoms with Crippen molar-refractivity contribution in [1.29, 1.82) is 0 Å².